The average molecular weight is 447 g/mol. The highest BCUT2D eigenvalue weighted by Gasteiger charge is 2.57. The van der Waals surface area contributed by atoms with E-state index in [9.17, 15) is 4.79 Å². The van der Waals surface area contributed by atoms with Gasteiger partial charge >= 0.3 is 0 Å². The molecule has 1 spiro atoms. The fraction of sp³-hybridized carbons (Fsp3) is 0.440. The van der Waals surface area contributed by atoms with Crippen LogP contribution in [0.5, 0.6) is 0 Å². The summed E-state index contributed by atoms with van der Waals surface area (Å²) >= 11 is 0. The molecule has 0 aromatic carbocycles. The molecule has 8 heteroatoms. The standard InChI is InChI=1S/C25H30N6O2/c1-19(2)31-16-21(12-28-31)14-29-17-23(22-4-3-7-27-13-22)25(18-29)24(32)30(10-11-33-25)15-20-5-8-26-9-6-20/h3-9,12-13,16,19,23H,10-11,14-15,17-18H2,1-2H3/t23-,25+/m0/s1. The number of carbonyl (C=O) groups excluding carboxylic acids is 1. The topological polar surface area (TPSA) is 76.4 Å². The van der Waals surface area contributed by atoms with Crippen LogP contribution in [0.3, 0.4) is 0 Å². The molecule has 0 radical (unpaired) electrons. The Morgan fingerprint density at radius 1 is 1.09 bits per heavy atom. The van der Waals surface area contributed by atoms with Crippen molar-refractivity contribution in [2.24, 2.45) is 0 Å². The van der Waals surface area contributed by atoms with Gasteiger partial charge in [-0.15, -0.1) is 0 Å². The lowest BCUT2D eigenvalue weighted by molar-refractivity contribution is -0.173. The number of nitrogens with zero attached hydrogens (tertiary/aromatic N) is 6. The molecule has 3 aromatic rings. The second-order valence-corrected chi connectivity index (χ2v) is 9.25. The lowest BCUT2D eigenvalue weighted by Gasteiger charge is -2.42. The lowest BCUT2D eigenvalue weighted by Crippen LogP contribution is -2.59. The maximum absolute atomic E-state index is 14.0. The number of morpholine rings is 1. The van der Waals surface area contributed by atoms with Crippen LogP contribution in [0.25, 0.3) is 0 Å². The number of aromatic nitrogens is 4. The van der Waals surface area contributed by atoms with Crippen molar-refractivity contribution in [2.75, 3.05) is 26.2 Å². The summed E-state index contributed by atoms with van der Waals surface area (Å²) in [4.78, 5) is 26.6. The van der Waals surface area contributed by atoms with Crippen molar-refractivity contribution >= 4 is 5.91 Å². The highest BCUT2D eigenvalue weighted by Crippen LogP contribution is 2.42. The smallest absolute Gasteiger partial charge is 0.257 e. The lowest BCUT2D eigenvalue weighted by atomic mass is 9.83. The largest absolute Gasteiger partial charge is 0.361 e. The van der Waals surface area contributed by atoms with E-state index in [1.807, 2.05) is 40.2 Å². The van der Waals surface area contributed by atoms with E-state index in [4.69, 9.17) is 4.74 Å². The molecule has 172 valence electrons. The van der Waals surface area contributed by atoms with E-state index < -0.39 is 5.60 Å². The van der Waals surface area contributed by atoms with E-state index in [-0.39, 0.29) is 11.8 Å². The number of hydrogen-bond acceptors (Lipinski definition) is 6. The molecular weight excluding hydrogens is 416 g/mol. The minimum Gasteiger partial charge on any atom is -0.361 e. The van der Waals surface area contributed by atoms with Gasteiger partial charge < -0.3 is 9.64 Å². The van der Waals surface area contributed by atoms with Gasteiger partial charge in [0.1, 0.15) is 0 Å². The third-order valence-electron chi connectivity index (χ3n) is 6.63. The minimum atomic E-state index is -0.914. The fourth-order valence-electron chi connectivity index (χ4n) is 4.98. The van der Waals surface area contributed by atoms with E-state index in [1.165, 1.54) is 0 Å². The number of amides is 1. The van der Waals surface area contributed by atoms with Crippen molar-refractivity contribution in [1.29, 1.82) is 0 Å². The molecule has 1 amide bonds. The van der Waals surface area contributed by atoms with Crippen LogP contribution < -0.4 is 0 Å². The van der Waals surface area contributed by atoms with Crippen LogP contribution in [0.2, 0.25) is 0 Å². The van der Waals surface area contributed by atoms with Gasteiger partial charge in [0.25, 0.3) is 5.91 Å². The Kier molecular flexibility index (Phi) is 5.95. The number of hydrogen-bond donors (Lipinski definition) is 0. The molecule has 0 unspecified atom stereocenters. The molecule has 0 saturated carbocycles. The number of rotatable bonds is 6. The first kappa shape index (κ1) is 21.7. The Balaban J connectivity index is 1.42. The molecule has 2 atom stereocenters. The average Bonchev–Trinajstić information content (AvgIpc) is 3.44. The molecule has 8 nitrogen and oxygen atoms in total. The first-order valence-electron chi connectivity index (χ1n) is 11.5. The Morgan fingerprint density at radius 2 is 1.94 bits per heavy atom. The Morgan fingerprint density at radius 3 is 2.67 bits per heavy atom. The second-order valence-electron chi connectivity index (χ2n) is 9.25. The van der Waals surface area contributed by atoms with Crippen molar-refractivity contribution in [2.45, 2.75) is 44.5 Å². The third-order valence-corrected chi connectivity index (χ3v) is 6.63. The van der Waals surface area contributed by atoms with Gasteiger partial charge in [-0.3, -0.25) is 24.3 Å². The van der Waals surface area contributed by atoms with E-state index >= 15 is 0 Å². The van der Waals surface area contributed by atoms with Crippen LogP contribution in [0, 0.1) is 0 Å². The molecule has 2 saturated heterocycles. The van der Waals surface area contributed by atoms with E-state index in [0.717, 1.165) is 29.8 Å². The van der Waals surface area contributed by atoms with E-state index in [1.54, 1.807) is 18.6 Å². The monoisotopic (exact) mass is 446 g/mol. The number of ether oxygens (including phenoxy) is 1. The maximum atomic E-state index is 14.0. The van der Waals surface area contributed by atoms with Gasteiger partial charge in [-0.2, -0.15) is 5.10 Å². The predicted molar refractivity (Wildman–Crippen MR) is 123 cm³/mol. The molecule has 3 aromatic heterocycles. The molecule has 5 heterocycles. The summed E-state index contributed by atoms with van der Waals surface area (Å²) in [7, 11) is 0. The number of carbonyl (C=O) groups is 1. The van der Waals surface area contributed by atoms with Gasteiger partial charge in [0.15, 0.2) is 5.60 Å². The van der Waals surface area contributed by atoms with Gasteiger partial charge in [-0.1, -0.05) is 6.07 Å². The second kappa shape index (κ2) is 9.03. The van der Waals surface area contributed by atoms with Crippen LogP contribution >= 0.6 is 0 Å². The highest BCUT2D eigenvalue weighted by atomic mass is 16.5. The Labute approximate surface area is 194 Å². The van der Waals surface area contributed by atoms with Crippen molar-refractivity contribution in [1.82, 2.24) is 29.5 Å². The quantitative estimate of drug-likeness (QED) is 0.580. The normalized spacial score (nSPS) is 23.7. The molecule has 2 aliphatic heterocycles. The van der Waals surface area contributed by atoms with Crippen LogP contribution in [0.1, 0.15) is 42.5 Å². The van der Waals surface area contributed by atoms with Gasteiger partial charge in [0.2, 0.25) is 0 Å². The molecule has 0 N–H and O–H groups in total. The van der Waals surface area contributed by atoms with E-state index in [2.05, 4.69) is 46.1 Å². The maximum Gasteiger partial charge on any atom is 0.257 e. The predicted octanol–water partition coefficient (Wildman–Crippen LogP) is 2.65. The van der Waals surface area contributed by atoms with Gasteiger partial charge in [-0.25, -0.2) is 0 Å². The molecule has 5 rings (SSSR count). The third kappa shape index (κ3) is 4.28. The first-order chi connectivity index (χ1) is 16.0. The van der Waals surface area contributed by atoms with Gasteiger partial charge in [0.05, 0.1) is 12.8 Å². The van der Waals surface area contributed by atoms with Crippen molar-refractivity contribution in [3.8, 4) is 0 Å². The van der Waals surface area contributed by atoms with Crippen LogP contribution in [0.4, 0.5) is 0 Å². The minimum absolute atomic E-state index is 0.0554. The first-order valence-corrected chi connectivity index (χ1v) is 11.5. The summed E-state index contributed by atoms with van der Waals surface area (Å²) in [6.07, 6.45) is 11.2. The van der Waals surface area contributed by atoms with Crippen LogP contribution in [-0.2, 0) is 22.6 Å². The Bertz CT molecular complexity index is 1090. The summed E-state index contributed by atoms with van der Waals surface area (Å²) in [5, 5.41) is 4.48. The van der Waals surface area contributed by atoms with Crippen molar-refractivity contribution in [3.63, 3.8) is 0 Å². The molecular formula is C25H30N6O2. The Hall–Kier alpha value is -3.10. The van der Waals surface area contributed by atoms with Crippen LogP contribution in [0.15, 0.2) is 61.4 Å². The highest BCUT2D eigenvalue weighted by molar-refractivity contribution is 5.88. The number of likely N-dealkylation sites (tertiary alicyclic amines) is 1. The van der Waals surface area contributed by atoms with Crippen molar-refractivity contribution < 1.29 is 9.53 Å². The number of pyridine rings is 2. The summed E-state index contributed by atoms with van der Waals surface area (Å²) < 4.78 is 8.36. The SMILES string of the molecule is CC(C)n1cc(CN2C[C@@H](c3cccnc3)[C@@]3(C2)OCCN(Cc2ccncc2)C3=O)cn1. The van der Waals surface area contributed by atoms with Crippen LogP contribution in [-0.4, -0.2) is 67.3 Å². The van der Waals surface area contributed by atoms with Gasteiger partial charge in [-0.05, 0) is 43.2 Å². The van der Waals surface area contributed by atoms with E-state index in [0.29, 0.717) is 32.3 Å². The summed E-state index contributed by atoms with van der Waals surface area (Å²) in [6, 6.07) is 8.22. The summed E-state index contributed by atoms with van der Waals surface area (Å²) in [6.45, 7) is 7.91. The molecule has 2 aliphatic rings. The fourth-order valence-corrected chi connectivity index (χ4v) is 4.98. The zero-order valence-electron chi connectivity index (χ0n) is 19.2. The molecule has 0 bridgehead atoms. The summed E-state index contributed by atoms with van der Waals surface area (Å²) in [5.74, 6) is -0.0288. The molecule has 2 fully saturated rings. The molecule has 33 heavy (non-hydrogen) atoms. The zero-order valence-corrected chi connectivity index (χ0v) is 19.2. The summed E-state index contributed by atoms with van der Waals surface area (Å²) in [5.41, 5.74) is 2.34. The van der Waals surface area contributed by atoms with Gasteiger partial charge in [0, 0.05) is 81.2 Å². The molecule has 0 aliphatic carbocycles. The van der Waals surface area contributed by atoms with Crippen molar-refractivity contribution in [3.05, 3.63) is 78.1 Å². The zero-order chi connectivity index (χ0) is 22.8.